The second kappa shape index (κ2) is 6.17. The summed E-state index contributed by atoms with van der Waals surface area (Å²) in [7, 11) is 0. The molecule has 1 aromatic heterocycles. The zero-order valence-corrected chi connectivity index (χ0v) is 15.0. The Bertz CT molecular complexity index is 697. The van der Waals surface area contributed by atoms with Gasteiger partial charge in [0.1, 0.15) is 17.1 Å². The summed E-state index contributed by atoms with van der Waals surface area (Å²) in [6.45, 7) is 6.54. The van der Waals surface area contributed by atoms with Gasteiger partial charge in [-0.1, -0.05) is 11.6 Å². The van der Waals surface area contributed by atoms with E-state index in [1.165, 1.54) is 4.90 Å². The highest BCUT2D eigenvalue weighted by atomic mass is 35.5. The molecule has 2 fully saturated rings. The van der Waals surface area contributed by atoms with Crippen LogP contribution in [0.25, 0.3) is 0 Å². The fraction of sp³-hybridized carbons (Fsp3) is 0.688. The summed E-state index contributed by atoms with van der Waals surface area (Å²) >= 11 is 6.44. The van der Waals surface area contributed by atoms with Gasteiger partial charge in [0.15, 0.2) is 0 Å². The number of nitrogens with zero attached hydrogens (tertiary/aromatic N) is 5. The molecule has 4 heterocycles. The van der Waals surface area contributed by atoms with Gasteiger partial charge in [0, 0.05) is 38.3 Å². The number of carbonyl (C=O) groups excluding carboxylic acids is 1. The van der Waals surface area contributed by atoms with Crippen molar-refractivity contribution in [2.45, 2.75) is 25.3 Å². The number of aromatic nitrogens is 2. The second-order valence-electron chi connectivity index (χ2n) is 7.05. The van der Waals surface area contributed by atoms with Gasteiger partial charge in [-0.3, -0.25) is 0 Å². The molecular formula is C16H21ClN5O3-. The molecule has 0 saturated carbocycles. The fourth-order valence-corrected chi connectivity index (χ4v) is 4.21. The molecule has 1 atom stereocenters. The number of halogens is 1. The minimum atomic E-state index is -1.11. The van der Waals surface area contributed by atoms with Gasteiger partial charge in [-0.25, -0.2) is 4.98 Å². The van der Waals surface area contributed by atoms with Crippen LogP contribution in [0, 0.1) is 0 Å². The largest absolute Gasteiger partial charge is 0.530 e. The quantitative estimate of drug-likeness (QED) is 0.688. The number of rotatable bonds is 2. The Morgan fingerprint density at radius 2 is 2.00 bits per heavy atom. The smallest absolute Gasteiger partial charge is 0.228 e. The van der Waals surface area contributed by atoms with E-state index in [2.05, 4.69) is 21.7 Å². The molecular weight excluding hydrogens is 346 g/mol. The molecule has 0 radical (unpaired) electrons. The molecule has 25 heavy (non-hydrogen) atoms. The zero-order valence-electron chi connectivity index (χ0n) is 14.2. The van der Waals surface area contributed by atoms with Crippen LogP contribution in [-0.2, 0) is 11.2 Å². The van der Waals surface area contributed by atoms with Gasteiger partial charge >= 0.3 is 0 Å². The number of anilines is 2. The molecule has 0 bridgehead atoms. The lowest BCUT2D eigenvalue weighted by atomic mass is 9.99. The molecule has 0 N–H and O–H groups in total. The molecule has 1 amide bonds. The third kappa shape index (κ3) is 2.87. The van der Waals surface area contributed by atoms with Crippen molar-refractivity contribution in [3.05, 3.63) is 10.7 Å². The maximum absolute atomic E-state index is 11.2. The highest BCUT2D eigenvalue weighted by Gasteiger charge is 2.43. The second-order valence-corrected chi connectivity index (χ2v) is 7.41. The summed E-state index contributed by atoms with van der Waals surface area (Å²) in [5.74, 6) is 1.46. The average molecular weight is 367 g/mol. The van der Waals surface area contributed by atoms with Crippen LogP contribution in [0.2, 0.25) is 5.15 Å². The summed E-state index contributed by atoms with van der Waals surface area (Å²) < 4.78 is 5.39. The van der Waals surface area contributed by atoms with Gasteiger partial charge in [0.25, 0.3) is 0 Å². The first-order valence-electron chi connectivity index (χ1n) is 8.61. The Labute approximate surface area is 151 Å². The predicted molar refractivity (Wildman–Crippen MR) is 91.1 cm³/mol. The molecule has 136 valence electrons. The number of hydrogen-bond donors (Lipinski definition) is 0. The van der Waals surface area contributed by atoms with Crippen LogP contribution in [0.5, 0.6) is 0 Å². The Morgan fingerprint density at radius 3 is 2.68 bits per heavy atom. The van der Waals surface area contributed by atoms with Gasteiger partial charge in [0.2, 0.25) is 5.95 Å². The van der Waals surface area contributed by atoms with E-state index in [1.54, 1.807) is 0 Å². The van der Waals surface area contributed by atoms with Crippen molar-refractivity contribution in [3.8, 4) is 0 Å². The maximum Gasteiger partial charge on any atom is 0.228 e. The highest BCUT2D eigenvalue weighted by molar-refractivity contribution is 6.30. The Kier molecular flexibility index (Phi) is 4.11. The molecule has 1 aromatic rings. The summed E-state index contributed by atoms with van der Waals surface area (Å²) in [6.07, 6.45) is 0.408. The third-order valence-electron chi connectivity index (χ3n) is 5.42. The van der Waals surface area contributed by atoms with Gasteiger partial charge < -0.3 is 29.3 Å². The maximum atomic E-state index is 11.2. The summed E-state index contributed by atoms with van der Waals surface area (Å²) in [5, 5.41) is 11.7. The first-order valence-corrected chi connectivity index (χ1v) is 8.98. The molecule has 3 aliphatic heterocycles. The molecule has 4 rings (SSSR count). The van der Waals surface area contributed by atoms with E-state index in [-0.39, 0.29) is 5.54 Å². The van der Waals surface area contributed by atoms with Gasteiger partial charge in [-0.2, -0.15) is 4.98 Å². The van der Waals surface area contributed by atoms with E-state index in [1.807, 2.05) is 0 Å². The average Bonchev–Trinajstić information content (AvgIpc) is 3.21. The zero-order chi connectivity index (χ0) is 17.6. The van der Waals surface area contributed by atoms with Crippen molar-refractivity contribution in [2.75, 3.05) is 55.7 Å². The van der Waals surface area contributed by atoms with Gasteiger partial charge in [-0.15, -0.1) is 0 Å². The Hall–Kier alpha value is -1.80. The summed E-state index contributed by atoms with van der Waals surface area (Å²) in [4.78, 5) is 26.1. The lowest BCUT2D eigenvalue weighted by molar-refractivity contribution is -0.264. The number of amides is 1. The number of morpholine rings is 1. The highest BCUT2D eigenvalue weighted by Crippen LogP contribution is 2.40. The molecule has 9 heteroatoms. The van der Waals surface area contributed by atoms with Crippen molar-refractivity contribution in [2.24, 2.45) is 0 Å². The number of ether oxygens (including phenoxy) is 1. The number of hydrogen-bond acceptors (Lipinski definition) is 7. The van der Waals surface area contributed by atoms with E-state index in [0.29, 0.717) is 37.4 Å². The first kappa shape index (κ1) is 16.7. The lowest BCUT2D eigenvalue weighted by Crippen LogP contribution is -2.50. The van der Waals surface area contributed by atoms with Crippen LogP contribution in [0.1, 0.15) is 18.9 Å². The van der Waals surface area contributed by atoms with Crippen molar-refractivity contribution < 1.29 is 14.6 Å². The van der Waals surface area contributed by atoms with Gasteiger partial charge in [-0.05, 0) is 19.8 Å². The molecule has 0 aliphatic carbocycles. The van der Waals surface area contributed by atoms with Crippen LogP contribution in [0.4, 0.5) is 16.6 Å². The third-order valence-corrected chi connectivity index (χ3v) is 5.73. The number of carbonyl (C=O) groups is 1. The SMILES string of the molecule is C[C@]1(N2CCc3c(Cl)nc(N4CCOCC4)nc32)CCN(C(=O)[O-])C1. The van der Waals surface area contributed by atoms with E-state index >= 15 is 0 Å². The first-order chi connectivity index (χ1) is 12.0. The van der Waals surface area contributed by atoms with Crippen LogP contribution in [-0.4, -0.2) is 72.4 Å². The molecule has 3 aliphatic rings. The van der Waals surface area contributed by atoms with Gasteiger partial charge in [0.05, 0.1) is 18.8 Å². The Morgan fingerprint density at radius 1 is 1.24 bits per heavy atom. The number of likely N-dealkylation sites (tertiary alicyclic amines) is 1. The molecule has 0 spiro atoms. The summed E-state index contributed by atoms with van der Waals surface area (Å²) in [5.41, 5.74) is 0.650. The number of carboxylic acid groups (broad SMARTS) is 1. The lowest BCUT2D eigenvalue weighted by Gasteiger charge is -2.37. The van der Waals surface area contributed by atoms with E-state index in [0.717, 1.165) is 43.9 Å². The Balaban J connectivity index is 1.65. The van der Waals surface area contributed by atoms with E-state index in [9.17, 15) is 9.90 Å². The minimum Gasteiger partial charge on any atom is -0.530 e. The van der Waals surface area contributed by atoms with E-state index in [4.69, 9.17) is 21.3 Å². The van der Waals surface area contributed by atoms with E-state index < -0.39 is 6.09 Å². The van der Waals surface area contributed by atoms with Crippen molar-refractivity contribution in [1.82, 2.24) is 14.9 Å². The monoisotopic (exact) mass is 366 g/mol. The van der Waals surface area contributed by atoms with Crippen LogP contribution in [0.3, 0.4) is 0 Å². The normalized spacial score (nSPS) is 26.2. The molecule has 0 unspecified atom stereocenters. The summed E-state index contributed by atoms with van der Waals surface area (Å²) in [6, 6.07) is 0. The topological polar surface area (TPSA) is 84.9 Å². The predicted octanol–water partition coefficient (Wildman–Crippen LogP) is 0.137. The van der Waals surface area contributed by atoms with Crippen molar-refractivity contribution in [1.29, 1.82) is 0 Å². The fourth-order valence-electron chi connectivity index (χ4n) is 3.95. The molecule has 0 aromatic carbocycles. The minimum absolute atomic E-state index is 0.300. The number of fused-ring (bicyclic) bond motifs is 1. The van der Waals surface area contributed by atoms with Crippen LogP contribution < -0.4 is 14.9 Å². The standard InChI is InChI=1S/C16H22ClN5O3/c1-16(3-5-21(10-16)15(23)24)22-4-2-11-12(17)18-14(19-13(11)22)20-6-8-25-9-7-20/h2-10H2,1H3,(H,23,24)/p-1/t16-/m0/s1. The van der Waals surface area contributed by atoms with Crippen LogP contribution in [0.15, 0.2) is 0 Å². The molecule has 2 saturated heterocycles. The molecule has 8 nitrogen and oxygen atoms in total. The van der Waals surface area contributed by atoms with Crippen molar-refractivity contribution in [3.63, 3.8) is 0 Å². The van der Waals surface area contributed by atoms with Crippen LogP contribution >= 0.6 is 11.6 Å². The van der Waals surface area contributed by atoms with Crippen molar-refractivity contribution >= 4 is 29.5 Å².